The fraction of sp³-hybridized carbons (Fsp3) is 0.300. The molecule has 0 saturated carbocycles. The highest BCUT2D eigenvalue weighted by Gasteiger charge is 2.24. The number of halogens is 1. The van der Waals surface area contributed by atoms with Crippen LogP contribution in [0.3, 0.4) is 0 Å². The van der Waals surface area contributed by atoms with Crippen molar-refractivity contribution in [3.8, 4) is 11.4 Å². The number of nitrogens with one attached hydrogen (secondary N) is 2. The van der Waals surface area contributed by atoms with Gasteiger partial charge in [-0.15, -0.1) is 5.10 Å². The van der Waals surface area contributed by atoms with Crippen LogP contribution < -0.4 is 10.6 Å². The Kier molecular flexibility index (Phi) is 8.65. The SMILES string of the molecule is CCOC(=O)Cc1ccccc1NC(=O)c1nc(-c2cccc([C@@H](C)NC(=O)OC(C)(C)C)c2F)nn2cccc12. The van der Waals surface area contributed by atoms with E-state index in [0.29, 0.717) is 16.8 Å². The molecule has 2 aromatic carbocycles. The number of ether oxygens (including phenoxy) is 2. The van der Waals surface area contributed by atoms with Crippen LogP contribution in [0, 0.1) is 5.82 Å². The lowest BCUT2D eigenvalue weighted by Crippen LogP contribution is -2.34. The molecular formula is C30H32FN5O5. The maximum absolute atomic E-state index is 15.8. The molecule has 0 aliphatic carbocycles. The number of para-hydroxylation sites is 1. The highest BCUT2D eigenvalue weighted by molar-refractivity contribution is 6.08. The summed E-state index contributed by atoms with van der Waals surface area (Å²) in [6, 6.07) is 14.2. The van der Waals surface area contributed by atoms with Gasteiger partial charge in [0.15, 0.2) is 11.5 Å². The number of rotatable bonds is 8. The van der Waals surface area contributed by atoms with Crippen molar-refractivity contribution in [1.82, 2.24) is 19.9 Å². The Labute approximate surface area is 236 Å². The van der Waals surface area contributed by atoms with Crippen molar-refractivity contribution >= 4 is 29.2 Å². The van der Waals surface area contributed by atoms with Crippen LogP contribution in [-0.4, -0.2) is 44.8 Å². The third-order valence-corrected chi connectivity index (χ3v) is 5.98. The van der Waals surface area contributed by atoms with Crippen molar-refractivity contribution in [3.63, 3.8) is 0 Å². The van der Waals surface area contributed by atoms with E-state index in [9.17, 15) is 14.4 Å². The van der Waals surface area contributed by atoms with Crippen molar-refractivity contribution in [2.75, 3.05) is 11.9 Å². The van der Waals surface area contributed by atoms with E-state index in [0.717, 1.165) is 0 Å². The Morgan fingerprint density at radius 2 is 1.80 bits per heavy atom. The number of fused-ring (bicyclic) bond motifs is 1. The first-order valence-electron chi connectivity index (χ1n) is 13.2. The predicted molar refractivity (Wildman–Crippen MR) is 151 cm³/mol. The maximum Gasteiger partial charge on any atom is 0.408 e. The number of hydrogen-bond acceptors (Lipinski definition) is 7. The fourth-order valence-electron chi connectivity index (χ4n) is 4.18. The largest absolute Gasteiger partial charge is 0.466 e. The molecule has 10 nitrogen and oxygen atoms in total. The van der Waals surface area contributed by atoms with Crippen LogP contribution >= 0.6 is 0 Å². The lowest BCUT2D eigenvalue weighted by atomic mass is 10.0. The van der Waals surface area contributed by atoms with Gasteiger partial charge in [-0.25, -0.2) is 18.7 Å². The first-order valence-corrected chi connectivity index (χ1v) is 13.2. The van der Waals surface area contributed by atoms with Gasteiger partial charge < -0.3 is 20.1 Å². The molecule has 2 amide bonds. The van der Waals surface area contributed by atoms with Crippen molar-refractivity contribution in [2.24, 2.45) is 0 Å². The number of aromatic nitrogens is 3. The second-order valence-corrected chi connectivity index (χ2v) is 10.3. The van der Waals surface area contributed by atoms with Crippen LogP contribution in [0.4, 0.5) is 14.9 Å². The number of anilines is 1. The van der Waals surface area contributed by atoms with Gasteiger partial charge in [0.2, 0.25) is 0 Å². The average molecular weight is 562 g/mol. The molecule has 2 aromatic heterocycles. The molecule has 0 spiro atoms. The van der Waals surface area contributed by atoms with Gasteiger partial charge in [-0.05, 0) is 64.4 Å². The van der Waals surface area contributed by atoms with Crippen LogP contribution in [0.15, 0.2) is 60.8 Å². The summed E-state index contributed by atoms with van der Waals surface area (Å²) < 4.78 is 27.6. The van der Waals surface area contributed by atoms with E-state index in [-0.39, 0.29) is 35.7 Å². The zero-order valence-electron chi connectivity index (χ0n) is 23.5. The van der Waals surface area contributed by atoms with Crippen LogP contribution in [0.1, 0.15) is 62.3 Å². The minimum absolute atomic E-state index is 0.00988. The van der Waals surface area contributed by atoms with E-state index in [1.807, 2.05) is 0 Å². The molecule has 0 unspecified atom stereocenters. The average Bonchev–Trinajstić information content (AvgIpc) is 3.37. The molecule has 0 radical (unpaired) electrons. The summed E-state index contributed by atoms with van der Waals surface area (Å²) in [7, 11) is 0. The smallest absolute Gasteiger partial charge is 0.408 e. The van der Waals surface area contributed by atoms with E-state index in [4.69, 9.17) is 9.47 Å². The molecule has 0 aliphatic rings. The van der Waals surface area contributed by atoms with E-state index in [1.54, 1.807) is 89.3 Å². The quantitative estimate of drug-likeness (QED) is 0.273. The lowest BCUT2D eigenvalue weighted by molar-refractivity contribution is -0.142. The molecule has 1 atom stereocenters. The molecule has 0 aliphatic heterocycles. The van der Waals surface area contributed by atoms with Crippen LogP contribution in [0.25, 0.3) is 16.9 Å². The number of esters is 1. The highest BCUT2D eigenvalue weighted by Crippen LogP contribution is 2.27. The Bertz CT molecular complexity index is 1590. The molecule has 0 fully saturated rings. The lowest BCUT2D eigenvalue weighted by Gasteiger charge is -2.22. The zero-order chi connectivity index (χ0) is 29.7. The van der Waals surface area contributed by atoms with E-state index >= 15 is 4.39 Å². The third-order valence-electron chi connectivity index (χ3n) is 5.98. The second-order valence-electron chi connectivity index (χ2n) is 10.3. The van der Waals surface area contributed by atoms with Gasteiger partial charge in [0, 0.05) is 17.4 Å². The first-order chi connectivity index (χ1) is 19.5. The van der Waals surface area contributed by atoms with Gasteiger partial charge >= 0.3 is 12.1 Å². The summed E-state index contributed by atoms with van der Waals surface area (Å²) >= 11 is 0. The minimum atomic E-state index is -0.723. The van der Waals surface area contributed by atoms with Crippen molar-refractivity contribution in [1.29, 1.82) is 0 Å². The van der Waals surface area contributed by atoms with Crippen molar-refractivity contribution in [3.05, 3.63) is 83.4 Å². The standard InChI is InChI=1S/C30H32FN5O5/c1-6-40-24(37)17-19-11-7-8-14-22(19)33-28(38)26-23-15-10-16-36(23)35-27(34-26)21-13-9-12-20(25(21)31)18(2)32-29(39)41-30(3,4)5/h7-16,18H,6,17H2,1-5H3,(H,32,39)(H,33,38)/t18-/m1/s1. The highest BCUT2D eigenvalue weighted by atomic mass is 19.1. The topological polar surface area (TPSA) is 124 Å². The monoisotopic (exact) mass is 561 g/mol. The van der Waals surface area contributed by atoms with Gasteiger partial charge in [0.1, 0.15) is 11.4 Å². The number of alkyl carbamates (subject to hydrolysis) is 1. The number of benzene rings is 2. The Hall–Kier alpha value is -4.80. The molecule has 11 heteroatoms. The Morgan fingerprint density at radius 3 is 2.54 bits per heavy atom. The van der Waals surface area contributed by atoms with Gasteiger partial charge in [-0.2, -0.15) is 0 Å². The van der Waals surface area contributed by atoms with Crippen molar-refractivity contribution < 1.29 is 28.2 Å². The summed E-state index contributed by atoms with van der Waals surface area (Å²) in [5.41, 5.74) is 0.953. The number of amides is 2. The normalized spacial score (nSPS) is 12.0. The van der Waals surface area contributed by atoms with E-state index in [1.165, 1.54) is 10.6 Å². The number of nitrogens with zero attached hydrogens (tertiary/aromatic N) is 3. The van der Waals surface area contributed by atoms with Gasteiger partial charge in [-0.3, -0.25) is 9.59 Å². The zero-order valence-corrected chi connectivity index (χ0v) is 23.5. The molecule has 214 valence electrons. The minimum Gasteiger partial charge on any atom is -0.466 e. The molecule has 2 N–H and O–H groups in total. The predicted octanol–water partition coefficient (Wildman–Crippen LogP) is 5.48. The van der Waals surface area contributed by atoms with E-state index < -0.39 is 35.4 Å². The molecular weight excluding hydrogens is 529 g/mol. The molecule has 4 rings (SSSR count). The molecule has 0 saturated heterocycles. The number of carbonyl (C=O) groups is 3. The summed E-state index contributed by atoms with van der Waals surface area (Å²) in [4.78, 5) is 42.2. The second kappa shape index (κ2) is 12.2. The Morgan fingerprint density at radius 1 is 1.05 bits per heavy atom. The molecule has 4 aromatic rings. The maximum atomic E-state index is 15.8. The van der Waals surface area contributed by atoms with Crippen molar-refractivity contribution in [2.45, 2.75) is 52.7 Å². The number of carbonyl (C=O) groups excluding carboxylic acids is 3. The Balaban J connectivity index is 1.66. The van der Waals surface area contributed by atoms with Crippen LogP contribution in [0.2, 0.25) is 0 Å². The summed E-state index contributed by atoms with van der Waals surface area (Å²) in [6.45, 7) is 8.81. The summed E-state index contributed by atoms with van der Waals surface area (Å²) in [5.74, 6) is -1.65. The molecule has 0 bridgehead atoms. The van der Waals surface area contributed by atoms with E-state index in [2.05, 4.69) is 20.7 Å². The summed E-state index contributed by atoms with van der Waals surface area (Å²) in [6.07, 6.45) is 0.926. The first kappa shape index (κ1) is 29.2. The molecule has 2 heterocycles. The van der Waals surface area contributed by atoms with Gasteiger partial charge in [0.05, 0.1) is 30.1 Å². The van der Waals surface area contributed by atoms with Gasteiger partial charge in [0.25, 0.3) is 5.91 Å². The fourth-order valence-corrected chi connectivity index (χ4v) is 4.18. The van der Waals surface area contributed by atoms with Gasteiger partial charge in [-0.1, -0.05) is 30.3 Å². The summed E-state index contributed by atoms with van der Waals surface area (Å²) in [5, 5.41) is 9.87. The molecule has 41 heavy (non-hydrogen) atoms. The number of hydrogen-bond donors (Lipinski definition) is 2. The van der Waals surface area contributed by atoms with Crippen LogP contribution in [0.5, 0.6) is 0 Å². The van der Waals surface area contributed by atoms with Crippen LogP contribution in [-0.2, 0) is 20.7 Å². The third kappa shape index (κ3) is 7.05.